The monoisotopic (exact) mass is 906 g/mol. The molecule has 0 fully saturated rings. The maximum atomic E-state index is 13.3. The third kappa shape index (κ3) is 14.8. The largest absolute Gasteiger partial charge is 0.480 e. The summed E-state index contributed by atoms with van der Waals surface area (Å²) >= 11 is 0. The van der Waals surface area contributed by atoms with Gasteiger partial charge in [0.25, 0.3) is 11.5 Å². The van der Waals surface area contributed by atoms with Crippen molar-refractivity contribution < 1.29 is 65.3 Å². The molecule has 0 saturated heterocycles. The Hall–Kier alpha value is -5.64. The van der Waals surface area contributed by atoms with Crippen LogP contribution in [0.2, 0.25) is 0 Å². The molecule has 0 aliphatic rings. The van der Waals surface area contributed by atoms with E-state index in [1.807, 2.05) is 0 Å². The number of nitrogen functional groups attached to an aromatic ring is 1. The number of aromatic nitrogens is 4. The molecule has 2 aromatic carbocycles. The Morgan fingerprint density at radius 3 is 2.15 bits per heavy atom. The zero-order valence-electron chi connectivity index (χ0n) is 34.2. The number of aliphatic carboxylic acids is 1. The van der Waals surface area contributed by atoms with Crippen LogP contribution in [0.1, 0.15) is 66.9 Å². The van der Waals surface area contributed by atoms with Gasteiger partial charge in [0.15, 0.2) is 11.2 Å². The number of carboxylic acid groups (broad SMARTS) is 1. The summed E-state index contributed by atoms with van der Waals surface area (Å²) in [5, 5.41) is 17.9. The van der Waals surface area contributed by atoms with E-state index in [1.165, 1.54) is 42.6 Å². The predicted octanol–water partition coefficient (Wildman–Crippen LogP) is 4.43. The lowest BCUT2D eigenvalue weighted by Gasteiger charge is -2.25. The minimum absolute atomic E-state index is 0.0100. The Morgan fingerprint density at radius 2 is 1.50 bits per heavy atom. The summed E-state index contributed by atoms with van der Waals surface area (Å²) in [6, 6.07) is 10.4. The van der Waals surface area contributed by atoms with Gasteiger partial charge in [-0.3, -0.25) is 46.5 Å². The summed E-state index contributed by atoms with van der Waals surface area (Å²) in [4.78, 5) is 78.2. The molecule has 2 heterocycles. The second kappa shape index (κ2) is 23.5. The van der Waals surface area contributed by atoms with Crippen molar-refractivity contribution in [2.24, 2.45) is 0 Å². The zero-order chi connectivity index (χ0) is 45.3. The van der Waals surface area contributed by atoms with Crippen LogP contribution < -0.4 is 27.2 Å². The number of esters is 1. The molecule has 0 aliphatic heterocycles. The molecule has 25 heteroatoms. The van der Waals surface area contributed by atoms with Crippen LogP contribution in [0.5, 0.6) is 0 Å². The SMILES string of the molecule is CCOP(=O)(OCC)OCC(COC(=O)c1ccccc1NC(=O)CC[C@@H](NC(=O)c1ccc(NCc2cnc3nc(N)[nH]c(=O)c3n2)cc1)C(=O)O)OP(=O)(OCC)OCC. The average Bonchev–Trinajstić information content (AvgIpc) is 3.23. The van der Waals surface area contributed by atoms with Gasteiger partial charge < -0.3 is 31.5 Å². The van der Waals surface area contributed by atoms with E-state index >= 15 is 0 Å². The van der Waals surface area contributed by atoms with Crippen molar-refractivity contribution >= 4 is 67.9 Å². The molecule has 7 N–H and O–H groups in total. The van der Waals surface area contributed by atoms with E-state index in [2.05, 4.69) is 35.9 Å². The predicted molar refractivity (Wildman–Crippen MR) is 222 cm³/mol. The van der Waals surface area contributed by atoms with Crippen molar-refractivity contribution in [2.75, 3.05) is 56.0 Å². The highest BCUT2D eigenvalue weighted by atomic mass is 31.2. The van der Waals surface area contributed by atoms with E-state index < -0.39 is 70.3 Å². The van der Waals surface area contributed by atoms with Gasteiger partial charge in [0, 0.05) is 17.7 Å². The minimum Gasteiger partial charge on any atom is -0.480 e. The number of nitrogens with one attached hydrogen (secondary N) is 4. The van der Waals surface area contributed by atoms with Gasteiger partial charge in [0.2, 0.25) is 11.9 Å². The van der Waals surface area contributed by atoms with Gasteiger partial charge in [-0.05, 0) is 70.5 Å². The molecule has 0 radical (unpaired) electrons. The number of para-hydroxylation sites is 1. The van der Waals surface area contributed by atoms with Crippen molar-refractivity contribution in [2.45, 2.75) is 59.2 Å². The number of aromatic amines is 1. The van der Waals surface area contributed by atoms with E-state index in [0.29, 0.717) is 11.4 Å². The Balaban J connectivity index is 1.33. The molecule has 2 amide bonds. The smallest absolute Gasteiger partial charge is 0.475 e. The van der Waals surface area contributed by atoms with E-state index in [4.69, 9.17) is 37.6 Å². The van der Waals surface area contributed by atoms with Gasteiger partial charge in [0.1, 0.15) is 18.8 Å². The summed E-state index contributed by atoms with van der Waals surface area (Å²) < 4.78 is 63.0. The summed E-state index contributed by atoms with van der Waals surface area (Å²) in [5.74, 6) is -3.84. The maximum Gasteiger partial charge on any atom is 0.475 e. The molecule has 0 aliphatic carbocycles. The van der Waals surface area contributed by atoms with Crippen LogP contribution in [0, 0.1) is 0 Å². The maximum absolute atomic E-state index is 13.3. The molecule has 0 saturated carbocycles. The van der Waals surface area contributed by atoms with Crippen molar-refractivity contribution in [3.63, 3.8) is 0 Å². The summed E-state index contributed by atoms with van der Waals surface area (Å²) in [6.07, 6.45) is -0.641. The molecular weight excluding hydrogens is 858 g/mol. The fourth-order valence-electron chi connectivity index (χ4n) is 5.30. The van der Waals surface area contributed by atoms with E-state index in [1.54, 1.807) is 39.8 Å². The minimum atomic E-state index is -4.21. The lowest BCUT2D eigenvalue weighted by Crippen LogP contribution is -2.41. The molecule has 2 atom stereocenters. The summed E-state index contributed by atoms with van der Waals surface area (Å²) in [5.41, 5.74) is 6.15. The van der Waals surface area contributed by atoms with Crippen LogP contribution in [-0.2, 0) is 57.1 Å². The van der Waals surface area contributed by atoms with E-state index in [0.717, 1.165) is 0 Å². The number of hydrogen-bond donors (Lipinski definition) is 6. The summed E-state index contributed by atoms with van der Waals surface area (Å²) in [7, 11) is -8.29. The van der Waals surface area contributed by atoms with Gasteiger partial charge >= 0.3 is 27.6 Å². The number of carboxylic acids is 1. The van der Waals surface area contributed by atoms with Crippen molar-refractivity contribution in [1.29, 1.82) is 0 Å². The highest BCUT2D eigenvalue weighted by Gasteiger charge is 2.34. The normalized spacial score (nSPS) is 12.6. The van der Waals surface area contributed by atoms with Crippen molar-refractivity contribution in [3.8, 4) is 0 Å². The highest BCUT2D eigenvalue weighted by molar-refractivity contribution is 7.48. The molecule has 0 spiro atoms. The lowest BCUT2D eigenvalue weighted by atomic mass is 10.1. The number of phosphoric ester groups is 2. The van der Waals surface area contributed by atoms with Gasteiger partial charge in [-0.2, -0.15) is 4.98 Å². The first-order valence-electron chi connectivity index (χ1n) is 19.2. The molecule has 2 aromatic heterocycles. The van der Waals surface area contributed by atoms with Crippen molar-refractivity contribution in [1.82, 2.24) is 25.3 Å². The standard InChI is InChI=1S/C37H48N8O15P2/c1-5-55-61(52,56-6-2)59-22-26(60-62(53,57-7-3)58-8-4)21-54-36(51)27-11-9-10-12-28(27)42-30(46)18-17-29(35(49)50)43-33(47)23-13-15-24(16-14-23)39-19-25-20-40-32-31(41-25)34(48)45-37(38)44-32/h9-16,20,26,29,39H,5-8,17-19,21-22H2,1-4H3,(H,42,46)(H,43,47)(H,49,50)(H3,38,40,44,45,48)/t26?,29-/m1/s1. The molecule has 4 aromatic rings. The Kier molecular flexibility index (Phi) is 18.6. The van der Waals surface area contributed by atoms with Gasteiger partial charge in [-0.25, -0.2) is 28.7 Å². The van der Waals surface area contributed by atoms with E-state index in [-0.39, 0.29) is 79.7 Å². The molecule has 4 rings (SSSR count). The third-order valence-corrected chi connectivity index (χ3v) is 11.4. The third-order valence-electron chi connectivity index (χ3n) is 8.04. The first-order valence-corrected chi connectivity index (χ1v) is 22.1. The number of fused-ring (bicyclic) bond motifs is 1. The number of anilines is 3. The molecule has 23 nitrogen and oxygen atoms in total. The average molecular weight is 907 g/mol. The van der Waals surface area contributed by atoms with Crippen LogP contribution in [-0.4, -0.2) is 101 Å². The van der Waals surface area contributed by atoms with Crippen LogP contribution in [0.25, 0.3) is 11.2 Å². The number of H-pyrrole nitrogens is 1. The fraction of sp³-hybridized carbons (Fsp3) is 0.405. The number of rotatable bonds is 26. The van der Waals surface area contributed by atoms with E-state index in [9.17, 15) is 38.2 Å². The number of ether oxygens (including phenoxy) is 1. The first-order chi connectivity index (χ1) is 29.6. The number of amides is 2. The van der Waals surface area contributed by atoms with Crippen LogP contribution in [0.3, 0.4) is 0 Å². The van der Waals surface area contributed by atoms with Gasteiger partial charge in [-0.15, -0.1) is 0 Å². The molecule has 0 bridgehead atoms. The number of nitrogens with two attached hydrogens (primary N) is 1. The number of carbonyl (C=O) groups is 4. The Labute approximate surface area is 355 Å². The first kappa shape index (κ1) is 49.0. The molecule has 336 valence electrons. The van der Waals surface area contributed by atoms with Gasteiger partial charge in [0.05, 0.1) is 62.7 Å². The number of phosphoric acid groups is 2. The summed E-state index contributed by atoms with van der Waals surface area (Å²) in [6.45, 7) is 5.02. The van der Waals surface area contributed by atoms with Crippen molar-refractivity contribution in [3.05, 3.63) is 81.9 Å². The quantitative estimate of drug-likeness (QED) is 0.0375. The second-order valence-corrected chi connectivity index (χ2v) is 15.9. The fourth-order valence-corrected chi connectivity index (χ4v) is 7.82. The second-order valence-electron chi connectivity index (χ2n) is 12.6. The number of nitrogens with zero attached hydrogens (tertiary/aromatic N) is 3. The number of hydrogen-bond acceptors (Lipinski definition) is 19. The zero-order valence-corrected chi connectivity index (χ0v) is 36.0. The molecule has 62 heavy (non-hydrogen) atoms. The van der Waals surface area contributed by atoms with Crippen LogP contribution >= 0.6 is 15.6 Å². The highest BCUT2D eigenvalue weighted by Crippen LogP contribution is 2.52. The van der Waals surface area contributed by atoms with Crippen LogP contribution in [0.4, 0.5) is 17.3 Å². The number of benzene rings is 2. The molecular formula is C37H48N8O15P2. The Morgan fingerprint density at radius 1 is 0.855 bits per heavy atom. The Bertz CT molecular complexity index is 2310. The van der Waals surface area contributed by atoms with Crippen LogP contribution in [0.15, 0.2) is 59.5 Å². The van der Waals surface area contributed by atoms with Gasteiger partial charge in [-0.1, -0.05) is 12.1 Å². The topological polar surface area (TPSA) is 321 Å². The number of carbonyl (C=O) groups excluding carboxylic acids is 3. The lowest BCUT2D eigenvalue weighted by molar-refractivity contribution is -0.139. The molecule has 1 unspecified atom stereocenters.